The van der Waals surface area contributed by atoms with Crippen LogP contribution in [0.2, 0.25) is 0 Å². The van der Waals surface area contributed by atoms with Crippen LogP contribution in [0, 0.1) is 0 Å². The summed E-state index contributed by atoms with van der Waals surface area (Å²) in [6.45, 7) is 2.30. The molecule has 3 rings (SSSR count). The molecule has 1 aliphatic heterocycles. The summed E-state index contributed by atoms with van der Waals surface area (Å²) in [4.78, 5) is 26.1. The zero-order valence-corrected chi connectivity index (χ0v) is 18.0. The molecule has 0 radical (unpaired) electrons. The SMILES string of the molecule is CCOc1cnc(C=CC(=O)c2ccccc2)cc1OC1CCCOP(=O)(O)O1.Cl. The minimum Gasteiger partial charge on any atom is -0.488 e. The molecular formula is C20H23ClNO7P. The largest absolute Gasteiger partial charge is 0.488 e. The zero-order valence-electron chi connectivity index (χ0n) is 16.3. The van der Waals surface area contributed by atoms with E-state index >= 15 is 0 Å². The van der Waals surface area contributed by atoms with Crippen LogP contribution in [0.3, 0.4) is 0 Å². The predicted molar refractivity (Wildman–Crippen MR) is 113 cm³/mol. The first kappa shape index (κ1) is 24.1. The Morgan fingerprint density at radius 3 is 2.83 bits per heavy atom. The highest BCUT2D eigenvalue weighted by Gasteiger charge is 2.31. The van der Waals surface area contributed by atoms with Crippen molar-refractivity contribution in [2.75, 3.05) is 13.2 Å². The molecule has 1 N–H and O–H groups in total. The second-order valence-electron chi connectivity index (χ2n) is 6.15. The lowest BCUT2D eigenvalue weighted by Gasteiger charge is -2.20. The summed E-state index contributed by atoms with van der Waals surface area (Å²) in [7, 11) is -4.17. The number of carbonyl (C=O) groups excluding carboxylic acids is 1. The van der Waals surface area contributed by atoms with Gasteiger partial charge >= 0.3 is 7.82 Å². The fourth-order valence-corrected chi connectivity index (χ4v) is 3.50. The van der Waals surface area contributed by atoms with E-state index in [1.807, 2.05) is 13.0 Å². The number of allylic oxidation sites excluding steroid dienone is 1. The molecule has 0 amide bonds. The highest BCUT2D eigenvalue weighted by atomic mass is 35.5. The smallest absolute Gasteiger partial charge is 0.475 e. The molecule has 162 valence electrons. The van der Waals surface area contributed by atoms with E-state index in [1.165, 1.54) is 12.3 Å². The average Bonchev–Trinajstić information content (AvgIpc) is 2.88. The van der Waals surface area contributed by atoms with Gasteiger partial charge in [-0.3, -0.25) is 14.3 Å². The number of hydrogen-bond acceptors (Lipinski definition) is 7. The van der Waals surface area contributed by atoms with Crippen LogP contribution in [0.4, 0.5) is 0 Å². The van der Waals surface area contributed by atoms with Crippen LogP contribution in [-0.4, -0.2) is 35.2 Å². The van der Waals surface area contributed by atoms with Crippen LogP contribution in [-0.2, 0) is 13.6 Å². The highest BCUT2D eigenvalue weighted by Crippen LogP contribution is 2.47. The molecule has 0 aliphatic carbocycles. The number of ketones is 1. The van der Waals surface area contributed by atoms with Crippen molar-refractivity contribution in [3.05, 3.63) is 59.9 Å². The summed E-state index contributed by atoms with van der Waals surface area (Å²) in [5.41, 5.74) is 1.03. The molecule has 1 aromatic carbocycles. The molecule has 1 aromatic heterocycles. The number of ether oxygens (including phenoxy) is 2. The number of hydrogen-bond donors (Lipinski definition) is 1. The molecule has 0 bridgehead atoms. The minimum absolute atomic E-state index is 0. The molecule has 2 atom stereocenters. The van der Waals surface area contributed by atoms with Gasteiger partial charge in [-0.1, -0.05) is 30.3 Å². The molecule has 0 saturated carbocycles. The van der Waals surface area contributed by atoms with E-state index in [4.69, 9.17) is 18.5 Å². The summed E-state index contributed by atoms with van der Waals surface area (Å²) < 4.78 is 32.9. The Hall–Kier alpha value is -2.22. The maximum absolute atomic E-state index is 12.2. The van der Waals surface area contributed by atoms with Gasteiger partial charge in [-0.25, -0.2) is 9.09 Å². The van der Waals surface area contributed by atoms with Crippen molar-refractivity contribution >= 4 is 32.1 Å². The average molecular weight is 456 g/mol. The van der Waals surface area contributed by atoms with E-state index in [0.29, 0.717) is 42.2 Å². The Labute approximate surface area is 180 Å². The first-order valence-corrected chi connectivity index (χ1v) is 10.7. The number of phosphoric acid groups is 1. The standard InChI is InChI=1S/C20H22NO7P.ClH/c1-2-25-19-14-21-16(10-11-17(22)15-7-4-3-5-8-15)13-18(19)27-20-9-6-12-26-29(23,24)28-20;/h3-5,7-8,10-11,13-14,20H,2,6,9,12H2,1H3,(H,23,24);1H. The molecule has 2 aromatic rings. The number of rotatable bonds is 7. The fraction of sp³-hybridized carbons (Fsp3) is 0.300. The van der Waals surface area contributed by atoms with E-state index < -0.39 is 14.1 Å². The maximum Gasteiger partial charge on any atom is 0.475 e. The van der Waals surface area contributed by atoms with Crippen molar-refractivity contribution in [1.29, 1.82) is 0 Å². The number of pyridine rings is 1. The number of aromatic nitrogens is 1. The molecule has 2 heterocycles. The molecular weight excluding hydrogens is 433 g/mol. The van der Waals surface area contributed by atoms with Gasteiger partial charge in [0.15, 0.2) is 17.3 Å². The topological polar surface area (TPSA) is 104 Å². The Morgan fingerprint density at radius 1 is 1.33 bits per heavy atom. The normalized spacial score (nSPS) is 21.5. The third kappa shape index (κ3) is 6.93. The molecule has 8 nitrogen and oxygen atoms in total. The summed E-state index contributed by atoms with van der Waals surface area (Å²) >= 11 is 0. The summed E-state index contributed by atoms with van der Waals surface area (Å²) in [5, 5.41) is 0. The third-order valence-electron chi connectivity index (χ3n) is 3.96. The number of benzene rings is 1. The van der Waals surface area contributed by atoms with Crippen molar-refractivity contribution in [3.63, 3.8) is 0 Å². The second-order valence-corrected chi connectivity index (χ2v) is 7.56. The van der Waals surface area contributed by atoms with Crippen LogP contribution in [0.5, 0.6) is 11.5 Å². The van der Waals surface area contributed by atoms with E-state index in [2.05, 4.69) is 4.98 Å². The van der Waals surface area contributed by atoms with Crippen molar-refractivity contribution in [3.8, 4) is 11.5 Å². The van der Waals surface area contributed by atoms with E-state index in [1.54, 1.807) is 36.4 Å². The van der Waals surface area contributed by atoms with Crippen LogP contribution in [0.25, 0.3) is 6.08 Å². The first-order valence-electron chi connectivity index (χ1n) is 9.19. The van der Waals surface area contributed by atoms with Crippen LogP contribution < -0.4 is 9.47 Å². The van der Waals surface area contributed by atoms with Gasteiger partial charge in [-0.15, -0.1) is 12.4 Å². The summed E-state index contributed by atoms with van der Waals surface area (Å²) in [5.74, 6) is 0.496. The van der Waals surface area contributed by atoms with Gasteiger partial charge in [0.1, 0.15) is 0 Å². The second kappa shape index (κ2) is 11.2. The van der Waals surface area contributed by atoms with Crippen LogP contribution in [0.15, 0.2) is 48.7 Å². The maximum atomic E-state index is 12.2. The van der Waals surface area contributed by atoms with Crippen LogP contribution >= 0.6 is 20.2 Å². The highest BCUT2D eigenvalue weighted by molar-refractivity contribution is 7.47. The van der Waals surface area contributed by atoms with Gasteiger partial charge in [0.05, 0.1) is 25.1 Å². The van der Waals surface area contributed by atoms with Crippen molar-refractivity contribution in [2.24, 2.45) is 0 Å². The van der Waals surface area contributed by atoms with Crippen LogP contribution in [0.1, 0.15) is 35.8 Å². The Morgan fingerprint density at radius 2 is 2.10 bits per heavy atom. The molecule has 0 spiro atoms. The monoisotopic (exact) mass is 455 g/mol. The van der Waals surface area contributed by atoms with Crippen molar-refractivity contribution < 1.29 is 32.8 Å². The minimum atomic E-state index is -4.17. The lowest BCUT2D eigenvalue weighted by Crippen LogP contribution is -2.18. The molecule has 1 fully saturated rings. The number of nitrogens with zero attached hydrogens (tertiary/aromatic N) is 1. The van der Waals surface area contributed by atoms with Gasteiger partial charge in [0.25, 0.3) is 0 Å². The van der Waals surface area contributed by atoms with E-state index in [-0.39, 0.29) is 24.8 Å². The number of halogens is 1. The third-order valence-corrected chi connectivity index (χ3v) is 4.97. The van der Waals surface area contributed by atoms with Gasteiger partial charge in [-0.2, -0.15) is 0 Å². The Kier molecular flexibility index (Phi) is 9.02. The van der Waals surface area contributed by atoms with Gasteiger partial charge in [0.2, 0.25) is 6.29 Å². The molecule has 1 aliphatic rings. The predicted octanol–water partition coefficient (Wildman–Crippen LogP) is 4.43. The number of phosphoric ester groups is 1. The van der Waals surface area contributed by atoms with Gasteiger partial charge in [0, 0.05) is 18.1 Å². The van der Waals surface area contributed by atoms with Gasteiger partial charge in [-0.05, 0) is 25.5 Å². The molecule has 30 heavy (non-hydrogen) atoms. The van der Waals surface area contributed by atoms with E-state index in [9.17, 15) is 14.3 Å². The fourth-order valence-electron chi connectivity index (χ4n) is 2.63. The quantitative estimate of drug-likeness (QED) is 0.371. The first-order chi connectivity index (χ1) is 14.0. The van der Waals surface area contributed by atoms with Crippen molar-refractivity contribution in [1.82, 2.24) is 4.98 Å². The molecule has 2 unspecified atom stereocenters. The van der Waals surface area contributed by atoms with Gasteiger partial charge < -0.3 is 14.4 Å². The summed E-state index contributed by atoms with van der Waals surface area (Å²) in [6.07, 6.45) is 4.35. The lowest BCUT2D eigenvalue weighted by molar-refractivity contribution is -0.0150. The summed E-state index contributed by atoms with van der Waals surface area (Å²) in [6, 6.07) is 10.5. The number of carbonyl (C=O) groups is 1. The van der Waals surface area contributed by atoms with Crippen molar-refractivity contribution in [2.45, 2.75) is 26.1 Å². The Bertz CT molecular complexity index is 923. The van der Waals surface area contributed by atoms with E-state index in [0.717, 1.165) is 0 Å². The Balaban J connectivity index is 0.00000320. The zero-order chi connectivity index (χ0) is 20.7. The molecule has 1 saturated heterocycles. The lowest BCUT2D eigenvalue weighted by atomic mass is 10.1. The molecule has 10 heteroatoms.